The molecule has 0 unspecified atom stereocenters. The Morgan fingerprint density at radius 2 is 1.68 bits per heavy atom. The summed E-state index contributed by atoms with van der Waals surface area (Å²) in [6.07, 6.45) is 7.52. The number of benzene rings is 2. The van der Waals surface area contributed by atoms with Crippen LogP contribution >= 0.6 is 12.2 Å². The molecule has 0 spiro atoms. The molecule has 1 N–H and O–H groups in total. The second-order valence-corrected chi connectivity index (χ2v) is 9.26. The minimum absolute atomic E-state index is 0.137. The Morgan fingerprint density at radius 1 is 0.838 bits per heavy atom. The first-order chi connectivity index (χ1) is 18.2. The summed E-state index contributed by atoms with van der Waals surface area (Å²) < 4.78 is 8.29. The van der Waals surface area contributed by atoms with Crippen LogP contribution in [0.3, 0.4) is 0 Å². The first-order valence-corrected chi connectivity index (χ1v) is 12.5. The second kappa shape index (κ2) is 9.87. The third-order valence-electron chi connectivity index (χ3n) is 6.54. The van der Waals surface area contributed by atoms with Gasteiger partial charge in [0.25, 0.3) is 0 Å². The van der Waals surface area contributed by atoms with Crippen molar-refractivity contribution in [2.24, 2.45) is 0 Å². The average Bonchev–Trinajstić information content (AvgIpc) is 3.56. The van der Waals surface area contributed by atoms with E-state index in [4.69, 9.17) is 17.0 Å². The number of hydrogen-bond acceptors (Lipinski definition) is 4. The molecular weight excluding hydrogens is 478 g/mol. The zero-order valence-corrected chi connectivity index (χ0v) is 21.0. The molecule has 0 bridgehead atoms. The van der Waals surface area contributed by atoms with E-state index in [0.29, 0.717) is 5.11 Å². The number of ether oxygens (including phenoxy) is 1. The number of aromatic nitrogens is 3. The van der Waals surface area contributed by atoms with Crippen LogP contribution < -0.4 is 15.0 Å². The highest BCUT2D eigenvalue weighted by molar-refractivity contribution is 7.80. The molecule has 4 heterocycles. The van der Waals surface area contributed by atoms with Crippen molar-refractivity contribution in [2.45, 2.75) is 19.0 Å². The minimum atomic E-state index is -0.138. The van der Waals surface area contributed by atoms with Crippen LogP contribution in [-0.2, 0) is 0 Å². The fourth-order valence-corrected chi connectivity index (χ4v) is 5.12. The van der Waals surface area contributed by atoms with Gasteiger partial charge >= 0.3 is 0 Å². The summed E-state index contributed by atoms with van der Waals surface area (Å²) in [5, 5.41) is 4.18. The van der Waals surface area contributed by atoms with Gasteiger partial charge in [0.05, 0.1) is 23.6 Å². The summed E-state index contributed by atoms with van der Waals surface area (Å²) in [7, 11) is 0. The van der Waals surface area contributed by atoms with Gasteiger partial charge in [-0.05, 0) is 91.4 Å². The molecule has 2 aromatic carbocycles. The zero-order valence-electron chi connectivity index (χ0n) is 20.2. The van der Waals surface area contributed by atoms with E-state index in [1.54, 1.807) is 6.20 Å². The number of thiocarbonyl (C=S) groups is 1. The van der Waals surface area contributed by atoms with E-state index in [1.807, 2.05) is 92.1 Å². The monoisotopic (exact) mass is 503 g/mol. The van der Waals surface area contributed by atoms with Crippen LogP contribution in [0.2, 0.25) is 0 Å². The summed E-state index contributed by atoms with van der Waals surface area (Å²) in [6, 6.07) is 29.9. The van der Waals surface area contributed by atoms with Crippen LogP contribution in [-0.4, -0.2) is 19.6 Å². The van der Waals surface area contributed by atoms with Crippen molar-refractivity contribution in [2.75, 3.05) is 4.90 Å². The van der Waals surface area contributed by atoms with Gasteiger partial charge in [-0.3, -0.25) is 9.97 Å². The van der Waals surface area contributed by atoms with Gasteiger partial charge < -0.3 is 19.5 Å². The topological polar surface area (TPSA) is 55.2 Å². The van der Waals surface area contributed by atoms with Crippen molar-refractivity contribution < 1.29 is 4.74 Å². The Kier molecular flexibility index (Phi) is 6.12. The second-order valence-electron chi connectivity index (χ2n) is 8.87. The third kappa shape index (κ3) is 4.45. The number of hydrogen-bond donors (Lipinski definition) is 1. The van der Waals surface area contributed by atoms with Crippen LogP contribution in [0.4, 0.5) is 5.69 Å². The van der Waals surface area contributed by atoms with Crippen LogP contribution in [0.25, 0.3) is 5.69 Å². The number of anilines is 1. The molecule has 1 aliphatic rings. The minimum Gasteiger partial charge on any atom is -0.457 e. The quantitative estimate of drug-likeness (QED) is 0.265. The van der Waals surface area contributed by atoms with Gasteiger partial charge in [-0.1, -0.05) is 24.3 Å². The normalized spacial score (nSPS) is 17.0. The average molecular weight is 504 g/mol. The Morgan fingerprint density at radius 3 is 2.43 bits per heavy atom. The number of rotatable bonds is 6. The molecule has 3 aromatic heterocycles. The maximum Gasteiger partial charge on any atom is 0.174 e. The number of nitrogens with one attached hydrogen (secondary N) is 1. The lowest BCUT2D eigenvalue weighted by atomic mass is 10.0. The molecule has 0 radical (unpaired) electrons. The summed E-state index contributed by atoms with van der Waals surface area (Å²) in [5.41, 5.74) is 5.05. The molecule has 1 fully saturated rings. The van der Waals surface area contributed by atoms with Gasteiger partial charge in [0.15, 0.2) is 5.11 Å². The molecule has 6 nitrogen and oxygen atoms in total. The maximum absolute atomic E-state index is 6.13. The zero-order chi connectivity index (χ0) is 25.2. The molecule has 182 valence electrons. The van der Waals surface area contributed by atoms with Gasteiger partial charge in [0.1, 0.15) is 17.5 Å². The molecular formula is C30H25N5OS. The third-order valence-corrected chi connectivity index (χ3v) is 6.86. The van der Waals surface area contributed by atoms with Gasteiger partial charge in [0.2, 0.25) is 0 Å². The maximum atomic E-state index is 6.13. The molecule has 5 aromatic rings. The molecule has 0 amide bonds. The van der Waals surface area contributed by atoms with Gasteiger partial charge in [-0.2, -0.15) is 0 Å². The van der Waals surface area contributed by atoms with Gasteiger partial charge in [-0.25, -0.2) is 0 Å². The number of pyridine rings is 2. The molecule has 0 saturated carbocycles. The first kappa shape index (κ1) is 22.9. The summed E-state index contributed by atoms with van der Waals surface area (Å²) >= 11 is 5.90. The lowest BCUT2D eigenvalue weighted by Gasteiger charge is -2.29. The molecule has 2 atom stereocenters. The Hall–Kier alpha value is -4.49. The van der Waals surface area contributed by atoms with Crippen molar-refractivity contribution in [3.63, 3.8) is 0 Å². The van der Waals surface area contributed by atoms with E-state index in [1.165, 1.54) is 0 Å². The SMILES string of the molecule is Cc1ccccc1Oc1ccc(N2C(=S)N[C@@H](c3ccccn3)[C@@H]2c2cccn2-c2cccnc2)cc1. The molecule has 1 aliphatic heterocycles. The standard InChI is InChI=1S/C30H25N5OS/c1-21-8-2-3-12-27(21)36-24-15-13-22(14-16-24)35-29(28(33-30(35)37)25-10-4-5-18-32-25)26-11-7-19-34(26)23-9-6-17-31-20-23/h2-20,28-29H,1H3,(H,33,37)/t28-,29-/m0/s1. The predicted molar refractivity (Wildman–Crippen MR) is 149 cm³/mol. The fourth-order valence-electron chi connectivity index (χ4n) is 4.77. The highest BCUT2D eigenvalue weighted by atomic mass is 32.1. The Labute approximate surface area is 221 Å². The van der Waals surface area contributed by atoms with E-state index >= 15 is 0 Å². The van der Waals surface area contributed by atoms with E-state index in [9.17, 15) is 0 Å². The van der Waals surface area contributed by atoms with E-state index in [0.717, 1.165) is 39.8 Å². The van der Waals surface area contributed by atoms with E-state index in [2.05, 4.69) is 49.1 Å². The van der Waals surface area contributed by atoms with Crippen molar-refractivity contribution in [1.82, 2.24) is 19.9 Å². The Bertz CT molecular complexity index is 1520. The van der Waals surface area contributed by atoms with E-state index < -0.39 is 0 Å². The molecule has 1 saturated heterocycles. The van der Waals surface area contributed by atoms with Crippen LogP contribution in [0.1, 0.15) is 29.0 Å². The summed E-state index contributed by atoms with van der Waals surface area (Å²) in [6.45, 7) is 2.04. The van der Waals surface area contributed by atoms with Crippen LogP contribution in [0.15, 0.2) is 116 Å². The van der Waals surface area contributed by atoms with E-state index in [-0.39, 0.29) is 12.1 Å². The molecule has 7 heteroatoms. The number of aryl methyl sites for hydroxylation is 1. The predicted octanol–water partition coefficient (Wildman–Crippen LogP) is 6.55. The summed E-state index contributed by atoms with van der Waals surface area (Å²) in [5.74, 6) is 1.61. The largest absolute Gasteiger partial charge is 0.457 e. The molecule has 0 aliphatic carbocycles. The lowest BCUT2D eigenvalue weighted by Crippen LogP contribution is -2.30. The van der Waals surface area contributed by atoms with Gasteiger partial charge in [-0.15, -0.1) is 0 Å². The van der Waals surface area contributed by atoms with Crippen LogP contribution in [0, 0.1) is 6.92 Å². The summed E-state index contributed by atoms with van der Waals surface area (Å²) in [4.78, 5) is 11.2. The lowest BCUT2D eigenvalue weighted by molar-refractivity contribution is 0.479. The Balaban J connectivity index is 1.39. The molecule has 37 heavy (non-hydrogen) atoms. The van der Waals surface area contributed by atoms with Crippen LogP contribution in [0.5, 0.6) is 11.5 Å². The van der Waals surface area contributed by atoms with Gasteiger partial charge in [0, 0.05) is 30.0 Å². The van der Waals surface area contributed by atoms with Crippen molar-refractivity contribution >= 4 is 23.0 Å². The first-order valence-electron chi connectivity index (χ1n) is 12.1. The number of para-hydroxylation sites is 1. The number of nitrogens with zero attached hydrogens (tertiary/aromatic N) is 4. The highest BCUT2D eigenvalue weighted by Gasteiger charge is 2.42. The van der Waals surface area contributed by atoms with Crippen molar-refractivity contribution in [3.05, 3.63) is 133 Å². The highest BCUT2D eigenvalue weighted by Crippen LogP contribution is 2.42. The smallest absolute Gasteiger partial charge is 0.174 e. The van der Waals surface area contributed by atoms with Crippen molar-refractivity contribution in [1.29, 1.82) is 0 Å². The van der Waals surface area contributed by atoms with Crippen molar-refractivity contribution in [3.8, 4) is 17.2 Å². The molecule has 6 rings (SSSR count). The fraction of sp³-hybridized carbons (Fsp3) is 0.100.